The van der Waals surface area contributed by atoms with Gasteiger partial charge in [0.1, 0.15) is 6.10 Å². The topological polar surface area (TPSA) is 80.4 Å². The van der Waals surface area contributed by atoms with Gasteiger partial charge >= 0.3 is 0 Å². The summed E-state index contributed by atoms with van der Waals surface area (Å²) in [6, 6.07) is 5.19. The molecule has 0 bridgehead atoms. The molecule has 1 rings (SSSR count). The summed E-state index contributed by atoms with van der Waals surface area (Å²) in [6.45, 7) is 0.975. The number of Topliss-reactive ketones (excluding diaryl/α,β-unsaturated/α-hetero) is 1. The minimum absolute atomic E-state index is 0.199. The van der Waals surface area contributed by atoms with E-state index in [9.17, 15) is 24.4 Å². The number of nitro benzene ring substituents is 1. The van der Waals surface area contributed by atoms with Gasteiger partial charge in [-0.2, -0.15) is 0 Å². The molecule has 2 atom stereocenters. The summed E-state index contributed by atoms with van der Waals surface area (Å²) >= 11 is 0. The zero-order valence-corrected chi connectivity index (χ0v) is 8.46. The third kappa shape index (κ3) is 2.40. The Morgan fingerprint density at radius 1 is 1.50 bits per heavy atom. The molecule has 16 heavy (non-hydrogen) atoms. The molecular weight excluding hydrogens is 217 g/mol. The standard InChI is InChI=1S/C10H10FNO4/c1-6(13)9(11)10(14)7-4-2-3-5-8(7)12(15)16/h2-5,9-10,14H,1H3/t9-,10-/m0/s1. The van der Waals surface area contributed by atoms with E-state index in [-0.39, 0.29) is 5.56 Å². The van der Waals surface area contributed by atoms with Gasteiger partial charge in [0.25, 0.3) is 5.69 Å². The lowest BCUT2D eigenvalue weighted by Crippen LogP contribution is -2.22. The quantitative estimate of drug-likeness (QED) is 0.625. The van der Waals surface area contributed by atoms with Crippen LogP contribution in [0.25, 0.3) is 0 Å². The normalized spacial score (nSPS) is 14.2. The highest BCUT2D eigenvalue weighted by Crippen LogP contribution is 2.28. The molecule has 0 aliphatic carbocycles. The highest BCUT2D eigenvalue weighted by Gasteiger charge is 2.29. The summed E-state index contributed by atoms with van der Waals surface area (Å²) in [5, 5.41) is 20.1. The number of ketones is 1. The number of rotatable bonds is 4. The molecule has 6 heteroatoms. The second kappa shape index (κ2) is 4.80. The number of hydrogen-bond acceptors (Lipinski definition) is 4. The SMILES string of the molecule is CC(=O)[C@H](F)[C@@H](O)c1ccccc1[N+](=O)[O-]. The lowest BCUT2D eigenvalue weighted by atomic mass is 10.0. The fourth-order valence-corrected chi connectivity index (χ4v) is 1.28. The Morgan fingerprint density at radius 2 is 2.06 bits per heavy atom. The Balaban J connectivity index is 3.12. The van der Waals surface area contributed by atoms with Crippen LogP contribution >= 0.6 is 0 Å². The third-order valence-corrected chi connectivity index (χ3v) is 2.12. The summed E-state index contributed by atoms with van der Waals surface area (Å²) in [5.74, 6) is -0.870. The molecule has 0 amide bonds. The van der Waals surface area contributed by atoms with Crippen molar-refractivity contribution in [2.24, 2.45) is 0 Å². The van der Waals surface area contributed by atoms with Gasteiger partial charge in [0.2, 0.25) is 0 Å². The van der Waals surface area contributed by atoms with Crippen LogP contribution in [0, 0.1) is 10.1 Å². The molecule has 0 unspecified atom stereocenters. The average molecular weight is 227 g/mol. The van der Waals surface area contributed by atoms with E-state index in [2.05, 4.69) is 0 Å². The van der Waals surface area contributed by atoms with Gasteiger partial charge < -0.3 is 5.11 Å². The molecule has 0 spiro atoms. The highest BCUT2D eigenvalue weighted by molar-refractivity contribution is 5.81. The minimum Gasteiger partial charge on any atom is -0.385 e. The van der Waals surface area contributed by atoms with Crippen molar-refractivity contribution in [3.63, 3.8) is 0 Å². The van der Waals surface area contributed by atoms with Crippen LogP contribution in [0.15, 0.2) is 24.3 Å². The first kappa shape index (κ1) is 12.3. The lowest BCUT2D eigenvalue weighted by Gasteiger charge is -2.13. The van der Waals surface area contributed by atoms with Crippen molar-refractivity contribution >= 4 is 11.5 Å². The molecule has 0 fully saturated rings. The molecule has 86 valence electrons. The number of aliphatic hydroxyl groups excluding tert-OH is 1. The van der Waals surface area contributed by atoms with Gasteiger partial charge in [-0.15, -0.1) is 0 Å². The predicted octanol–water partition coefficient (Wildman–Crippen LogP) is 1.56. The maximum atomic E-state index is 13.2. The average Bonchev–Trinajstić information content (AvgIpc) is 2.26. The van der Waals surface area contributed by atoms with Crippen molar-refractivity contribution in [3.05, 3.63) is 39.9 Å². The molecular formula is C10H10FNO4. The maximum absolute atomic E-state index is 13.2. The van der Waals surface area contributed by atoms with Crippen molar-refractivity contribution in [1.82, 2.24) is 0 Å². The van der Waals surface area contributed by atoms with E-state index in [1.54, 1.807) is 0 Å². The molecule has 0 saturated carbocycles. The summed E-state index contributed by atoms with van der Waals surface area (Å²) < 4.78 is 13.2. The molecule has 1 aromatic carbocycles. The van der Waals surface area contributed by atoms with Crippen molar-refractivity contribution in [3.8, 4) is 0 Å². The Labute approximate surface area is 90.7 Å². The zero-order chi connectivity index (χ0) is 12.3. The highest BCUT2D eigenvalue weighted by atomic mass is 19.1. The first-order valence-corrected chi connectivity index (χ1v) is 4.51. The van der Waals surface area contributed by atoms with Crippen LogP contribution in [0.2, 0.25) is 0 Å². The molecule has 0 saturated heterocycles. The van der Waals surface area contributed by atoms with Gasteiger partial charge in [0.05, 0.1) is 10.5 Å². The number of hydrogen-bond donors (Lipinski definition) is 1. The van der Waals surface area contributed by atoms with E-state index in [1.807, 2.05) is 0 Å². The first-order valence-electron chi connectivity index (χ1n) is 4.51. The van der Waals surface area contributed by atoms with Crippen LogP contribution in [0.4, 0.5) is 10.1 Å². The first-order chi connectivity index (χ1) is 7.45. The largest absolute Gasteiger partial charge is 0.385 e. The molecule has 0 aliphatic rings. The molecule has 1 N–H and O–H groups in total. The number of benzene rings is 1. The third-order valence-electron chi connectivity index (χ3n) is 2.12. The molecule has 0 aliphatic heterocycles. The van der Waals surface area contributed by atoms with E-state index in [4.69, 9.17) is 0 Å². The van der Waals surface area contributed by atoms with Crippen LogP contribution < -0.4 is 0 Å². The van der Waals surface area contributed by atoms with Gasteiger partial charge in [-0.3, -0.25) is 14.9 Å². The molecule has 1 aromatic rings. The molecule has 0 radical (unpaired) electrons. The van der Waals surface area contributed by atoms with E-state index in [0.717, 1.165) is 13.0 Å². The number of halogens is 1. The summed E-state index contributed by atoms with van der Waals surface area (Å²) in [6.07, 6.45) is -3.96. The van der Waals surface area contributed by atoms with Crippen molar-refractivity contribution in [2.75, 3.05) is 0 Å². The van der Waals surface area contributed by atoms with Gasteiger partial charge in [0, 0.05) is 6.07 Å². The van der Waals surface area contributed by atoms with Crippen LogP contribution in [0.1, 0.15) is 18.6 Å². The second-order valence-electron chi connectivity index (χ2n) is 3.27. The van der Waals surface area contributed by atoms with Gasteiger partial charge in [0.15, 0.2) is 12.0 Å². The molecule has 0 aromatic heterocycles. The van der Waals surface area contributed by atoms with Crippen LogP contribution in [0.3, 0.4) is 0 Å². The van der Waals surface area contributed by atoms with Gasteiger partial charge in [-0.25, -0.2) is 4.39 Å². The molecule has 0 heterocycles. The smallest absolute Gasteiger partial charge is 0.275 e. The monoisotopic (exact) mass is 227 g/mol. The number of carbonyl (C=O) groups excluding carboxylic acids is 1. The molecule has 5 nitrogen and oxygen atoms in total. The van der Waals surface area contributed by atoms with Crippen molar-refractivity contribution in [1.29, 1.82) is 0 Å². The Morgan fingerprint density at radius 3 is 2.56 bits per heavy atom. The fraction of sp³-hybridized carbons (Fsp3) is 0.300. The number of para-hydroxylation sites is 1. The number of alkyl halides is 1. The Hall–Kier alpha value is -1.82. The second-order valence-corrected chi connectivity index (χ2v) is 3.27. The van der Waals surface area contributed by atoms with Gasteiger partial charge in [-0.05, 0) is 13.0 Å². The fourth-order valence-electron chi connectivity index (χ4n) is 1.28. The predicted molar refractivity (Wildman–Crippen MR) is 53.6 cm³/mol. The summed E-state index contributed by atoms with van der Waals surface area (Å²) in [7, 11) is 0. The van der Waals surface area contributed by atoms with Gasteiger partial charge in [-0.1, -0.05) is 12.1 Å². The zero-order valence-electron chi connectivity index (χ0n) is 8.46. The van der Waals surface area contributed by atoms with E-state index in [0.29, 0.717) is 0 Å². The van der Waals surface area contributed by atoms with Crippen molar-refractivity contribution < 1.29 is 19.2 Å². The Kier molecular flexibility index (Phi) is 3.68. The summed E-state index contributed by atoms with van der Waals surface area (Å²) in [4.78, 5) is 20.6. The summed E-state index contributed by atoms with van der Waals surface area (Å²) in [5.41, 5.74) is -0.603. The van der Waals surface area contributed by atoms with Crippen molar-refractivity contribution in [2.45, 2.75) is 19.2 Å². The maximum Gasteiger partial charge on any atom is 0.275 e. The van der Waals surface area contributed by atoms with E-state index >= 15 is 0 Å². The number of nitrogens with zero attached hydrogens (tertiary/aromatic N) is 1. The van der Waals surface area contributed by atoms with Crippen LogP contribution in [-0.2, 0) is 4.79 Å². The lowest BCUT2D eigenvalue weighted by molar-refractivity contribution is -0.386. The minimum atomic E-state index is -2.15. The number of nitro groups is 1. The number of carbonyl (C=O) groups is 1. The van der Waals surface area contributed by atoms with Crippen LogP contribution in [-0.4, -0.2) is 22.0 Å². The van der Waals surface area contributed by atoms with E-state index in [1.165, 1.54) is 18.2 Å². The Bertz CT molecular complexity index is 421. The number of aliphatic hydroxyl groups is 1. The van der Waals surface area contributed by atoms with E-state index < -0.39 is 28.7 Å². The van der Waals surface area contributed by atoms with Crippen LogP contribution in [0.5, 0.6) is 0 Å².